The third kappa shape index (κ3) is 1.41. The molecule has 0 unspecified atom stereocenters. The van der Waals surface area contributed by atoms with Gasteiger partial charge in [0, 0.05) is 19.2 Å². The van der Waals surface area contributed by atoms with Gasteiger partial charge in [0.05, 0.1) is 18.5 Å². The van der Waals surface area contributed by atoms with Gasteiger partial charge in [-0.25, -0.2) is 0 Å². The molecule has 0 saturated heterocycles. The minimum atomic E-state index is 0.940. The smallest absolute Gasteiger partial charge is 0.123 e. The van der Waals surface area contributed by atoms with Crippen molar-refractivity contribution in [2.75, 3.05) is 30.8 Å². The van der Waals surface area contributed by atoms with Gasteiger partial charge in [0.1, 0.15) is 5.75 Å². The van der Waals surface area contributed by atoms with Gasteiger partial charge in [-0.05, 0) is 18.6 Å². The molecule has 0 amide bonds. The van der Waals surface area contributed by atoms with E-state index in [1.807, 2.05) is 6.07 Å². The summed E-state index contributed by atoms with van der Waals surface area (Å²) in [5.41, 5.74) is 3.47. The van der Waals surface area contributed by atoms with E-state index in [2.05, 4.69) is 23.6 Å². The van der Waals surface area contributed by atoms with Gasteiger partial charge in [0.25, 0.3) is 0 Å². The van der Waals surface area contributed by atoms with Crippen LogP contribution in [-0.4, -0.2) is 20.2 Å². The second-order valence-corrected chi connectivity index (χ2v) is 3.22. The number of methoxy groups -OCH3 is 1. The molecule has 0 aromatic heterocycles. The lowest BCUT2D eigenvalue weighted by atomic mass is 10.1. The molecule has 0 atom stereocenters. The standard InChI is InChI=1S/C10H14N2O/c1-7-5-8-9(6-10(7)13-2)12-4-3-11-8/h5-6,11-12H,3-4H2,1-2H3. The van der Waals surface area contributed by atoms with Crippen LogP contribution in [0.3, 0.4) is 0 Å². The van der Waals surface area contributed by atoms with Gasteiger partial charge in [-0.3, -0.25) is 0 Å². The van der Waals surface area contributed by atoms with Crippen molar-refractivity contribution in [1.82, 2.24) is 0 Å². The number of rotatable bonds is 1. The number of anilines is 2. The van der Waals surface area contributed by atoms with Gasteiger partial charge in [-0.15, -0.1) is 0 Å². The zero-order valence-electron chi connectivity index (χ0n) is 7.98. The van der Waals surface area contributed by atoms with Gasteiger partial charge < -0.3 is 15.4 Å². The van der Waals surface area contributed by atoms with E-state index < -0.39 is 0 Å². The second-order valence-electron chi connectivity index (χ2n) is 3.22. The number of aryl methyl sites for hydroxylation is 1. The first-order valence-electron chi connectivity index (χ1n) is 4.47. The van der Waals surface area contributed by atoms with Crippen LogP contribution in [0.25, 0.3) is 0 Å². The minimum Gasteiger partial charge on any atom is -0.496 e. The Hall–Kier alpha value is -1.38. The summed E-state index contributed by atoms with van der Waals surface area (Å²) in [6.45, 7) is 4.01. The molecule has 3 nitrogen and oxygen atoms in total. The average molecular weight is 178 g/mol. The van der Waals surface area contributed by atoms with E-state index >= 15 is 0 Å². The maximum Gasteiger partial charge on any atom is 0.123 e. The number of hydrogen-bond donors (Lipinski definition) is 2. The molecule has 0 bridgehead atoms. The molecule has 1 aliphatic rings. The molecule has 1 heterocycles. The van der Waals surface area contributed by atoms with E-state index in [0.717, 1.165) is 30.1 Å². The fourth-order valence-electron chi connectivity index (χ4n) is 1.59. The molecular weight excluding hydrogens is 164 g/mol. The molecule has 2 rings (SSSR count). The summed E-state index contributed by atoms with van der Waals surface area (Å²) in [4.78, 5) is 0. The van der Waals surface area contributed by atoms with Gasteiger partial charge >= 0.3 is 0 Å². The van der Waals surface area contributed by atoms with Crippen LogP contribution in [0.4, 0.5) is 11.4 Å². The Bertz CT molecular complexity index is 323. The van der Waals surface area contributed by atoms with Gasteiger partial charge in [-0.2, -0.15) is 0 Å². The van der Waals surface area contributed by atoms with Gasteiger partial charge in [-0.1, -0.05) is 0 Å². The van der Waals surface area contributed by atoms with Crippen molar-refractivity contribution < 1.29 is 4.74 Å². The van der Waals surface area contributed by atoms with E-state index in [9.17, 15) is 0 Å². The van der Waals surface area contributed by atoms with Crippen LogP contribution >= 0.6 is 0 Å². The summed E-state index contributed by atoms with van der Waals surface area (Å²) in [5.74, 6) is 0.940. The van der Waals surface area contributed by atoms with Gasteiger partial charge in [0.15, 0.2) is 0 Å². The Balaban J connectivity index is 2.44. The van der Waals surface area contributed by atoms with Crippen LogP contribution in [0.1, 0.15) is 5.56 Å². The van der Waals surface area contributed by atoms with Crippen molar-refractivity contribution in [1.29, 1.82) is 0 Å². The normalized spacial score (nSPS) is 14.0. The molecule has 1 aromatic carbocycles. The number of fused-ring (bicyclic) bond motifs is 1. The molecule has 70 valence electrons. The monoisotopic (exact) mass is 178 g/mol. The lowest BCUT2D eigenvalue weighted by molar-refractivity contribution is 0.412. The topological polar surface area (TPSA) is 33.3 Å². The van der Waals surface area contributed by atoms with Crippen molar-refractivity contribution in [3.63, 3.8) is 0 Å². The maximum atomic E-state index is 5.24. The quantitative estimate of drug-likeness (QED) is 0.688. The predicted molar refractivity (Wildman–Crippen MR) is 54.7 cm³/mol. The van der Waals surface area contributed by atoms with E-state index in [4.69, 9.17) is 4.74 Å². The van der Waals surface area contributed by atoms with Crippen molar-refractivity contribution >= 4 is 11.4 Å². The minimum absolute atomic E-state index is 0.940. The number of benzene rings is 1. The SMILES string of the molecule is COc1cc2c(cc1C)NCCN2. The zero-order valence-corrected chi connectivity index (χ0v) is 7.98. The predicted octanol–water partition coefficient (Wildman–Crippen LogP) is 1.84. The highest BCUT2D eigenvalue weighted by molar-refractivity contribution is 5.74. The van der Waals surface area contributed by atoms with E-state index in [1.165, 1.54) is 5.69 Å². The van der Waals surface area contributed by atoms with Crippen molar-refractivity contribution in [3.05, 3.63) is 17.7 Å². The first-order valence-corrected chi connectivity index (χ1v) is 4.47. The Morgan fingerprint density at radius 3 is 2.38 bits per heavy atom. The summed E-state index contributed by atoms with van der Waals surface area (Å²) >= 11 is 0. The maximum absolute atomic E-state index is 5.24. The van der Waals surface area contributed by atoms with Crippen molar-refractivity contribution in [3.8, 4) is 5.75 Å². The number of ether oxygens (including phenoxy) is 1. The van der Waals surface area contributed by atoms with E-state index in [0.29, 0.717) is 0 Å². The first kappa shape index (κ1) is 8.23. The fraction of sp³-hybridized carbons (Fsp3) is 0.400. The van der Waals surface area contributed by atoms with Crippen LogP contribution in [0.5, 0.6) is 5.75 Å². The molecule has 1 aromatic rings. The van der Waals surface area contributed by atoms with Crippen LogP contribution in [0, 0.1) is 6.92 Å². The molecule has 0 fully saturated rings. The second kappa shape index (κ2) is 3.17. The highest BCUT2D eigenvalue weighted by atomic mass is 16.5. The van der Waals surface area contributed by atoms with Gasteiger partial charge in [0.2, 0.25) is 0 Å². The highest BCUT2D eigenvalue weighted by Crippen LogP contribution is 2.31. The third-order valence-electron chi connectivity index (χ3n) is 2.29. The summed E-state index contributed by atoms with van der Waals surface area (Å²) in [6.07, 6.45) is 0. The fourth-order valence-corrected chi connectivity index (χ4v) is 1.59. The molecule has 1 aliphatic heterocycles. The van der Waals surface area contributed by atoms with Crippen molar-refractivity contribution in [2.45, 2.75) is 6.92 Å². The molecule has 0 spiro atoms. The number of hydrogen-bond acceptors (Lipinski definition) is 3. The molecule has 13 heavy (non-hydrogen) atoms. The lowest BCUT2D eigenvalue weighted by Crippen LogP contribution is -2.20. The Morgan fingerprint density at radius 2 is 1.77 bits per heavy atom. The zero-order chi connectivity index (χ0) is 9.26. The average Bonchev–Trinajstić information content (AvgIpc) is 2.17. The third-order valence-corrected chi connectivity index (χ3v) is 2.29. The molecule has 0 radical (unpaired) electrons. The van der Waals surface area contributed by atoms with Crippen molar-refractivity contribution in [2.24, 2.45) is 0 Å². The van der Waals surface area contributed by atoms with E-state index in [1.54, 1.807) is 7.11 Å². The first-order chi connectivity index (χ1) is 6.31. The van der Waals surface area contributed by atoms with Crippen LogP contribution in [0.2, 0.25) is 0 Å². The Kier molecular flexibility index (Phi) is 2.00. The molecule has 2 N–H and O–H groups in total. The highest BCUT2D eigenvalue weighted by Gasteiger charge is 2.10. The summed E-state index contributed by atoms with van der Waals surface area (Å²) in [7, 11) is 1.70. The molecule has 3 heteroatoms. The molecule has 0 aliphatic carbocycles. The molecular formula is C10H14N2O. The van der Waals surface area contributed by atoms with Crippen LogP contribution in [-0.2, 0) is 0 Å². The number of nitrogens with one attached hydrogen (secondary N) is 2. The largest absolute Gasteiger partial charge is 0.496 e. The Labute approximate surface area is 78.1 Å². The van der Waals surface area contributed by atoms with Crippen LogP contribution in [0.15, 0.2) is 12.1 Å². The summed E-state index contributed by atoms with van der Waals surface area (Å²) < 4.78 is 5.24. The molecule has 0 saturated carbocycles. The summed E-state index contributed by atoms with van der Waals surface area (Å²) in [5, 5.41) is 6.66. The van der Waals surface area contributed by atoms with Crippen LogP contribution < -0.4 is 15.4 Å². The lowest BCUT2D eigenvalue weighted by Gasteiger charge is -2.21. The van der Waals surface area contributed by atoms with E-state index in [-0.39, 0.29) is 0 Å². The Morgan fingerprint density at radius 1 is 1.15 bits per heavy atom. The summed E-state index contributed by atoms with van der Waals surface area (Å²) in [6, 6.07) is 4.15.